The van der Waals surface area contributed by atoms with Crippen molar-refractivity contribution in [3.63, 3.8) is 0 Å². The zero-order chi connectivity index (χ0) is 21.6. The number of amides is 1. The standard InChI is InChI=1S/C24H28N4O3/c1-19-11-12-28(25-19)22-9-7-21(8-10-22)24(30)31-18-23(29)27-15-13-26(14-16-27)17-20-5-3-2-4-6-20/h2-10H,11-18H2,1H3. The molecule has 0 unspecified atom stereocenters. The minimum Gasteiger partial charge on any atom is -0.452 e. The summed E-state index contributed by atoms with van der Waals surface area (Å²) in [5.41, 5.74) is 3.75. The van der Waals surface area contributed by atoms with E-state index < -0.39 is 5.97 Å². The van der Waals surface area contributed by atoms with Gasteiger partial charge in [0.25, 0.3) is 5.91 Å². The molecule has 0 aromatic heterocycles. The highest BCUT2D eigenvalue weighted by Gasteiger charge is 2.22. The smallest absolute Gasteiger partial charge is 0.338 e. The minimum atomic E-state index is -0.483. The van der Waals surface area contributed by atoms with Crippen LogP contribution in [0.15, 0.2) is 59.7 Å². The van der Waals surface area contributed by atoms with E-state index in [2.05, 4.69) is 22.1 Å². The maximum atomic E-state index is 12.5. The highest BCUT2D eigenvalue weighted by atomic mass is 16.5. The number of ether oxygens (including phenoxy) is 1. The average molecular weight is 421 g/mol. The van der Waals surface area contributed by atoms with E-state index in [0.717, 1.165) is 44.0 Å². The summed E-state index contributed by atoms with van der Waals surface area (Å²) in [6.07, 6.45) is 0.951. The Morgan fingerprint density at radius 3 is 2.29 bits per heavy atom. The van der Waals surface area contributed by atoms with E-state index in [-0.39, 0.29) is 12.5 Å². The van der Waals surface area contributed by atoms with Gasteiger partial charge in [0.1, 0.15) is 0 Å². The van der Waals surface area contributed by atoms with Crippen molar-refractivity contribution in [2.45, 2.75) is 19.9 Å². The van der Waals surface area contributed by atoms with Gasteiger partial charge < -0.3 is 9.64 Å². The van der Waals surface area contributed by atoms with Crippen molar-refractivity contribution < 1.29 is 14.3 Å². The first-order valence-corrected chi connectivity index (χ1v) is 10.7. The number of nitrogens with zero attached hydrogens (tertiary/aromatic N) is 4. The molecule has 2 aromatic rings. The quantitative estimate of drug-likeness (QED) is 0.673. The summed E-state index contributed by atoms with van der Waals surface area (Å²) >= 11 is 0. The Hall–Kier alpha value is -3.19. The second-order valence-electron chi connectivity index (χ2n) is 7.97. The van der Waals surface area contributed by atoms with Gasteiger partial charge in [-0.3, -0.25) is 14.7 Å². The average Bonchev–Trinajstić information content (AvgIpc) is 3.25. The van der Waals surface area contributed by atoms with Gasteiger partial charge in [-0.1, -0.05) is 30.3 Å². The molecule has 0 N–H and O–H groups in total. The molecule has 2 heterocycles. The molecule has 1 amide bonds. The molecular formula is C24H28N4O3. The zero-order valence-electron chi connectivity index (χ0n) is 17.9. The Bertz CT molecular complexity index is 935. The van der Waals surface area contributed by atoms with Crippen LogP contribution in [0.5, 0.6) is 0 Å². The van der Waals surface area contributed by atoms with Crippen LogP contribution < -0.4 is 5.01 Å². The number of carbonyl (C=O) groups excluding carboxylic acids is 2. The van der Waals surface area contributed by atoms with Crippen LogP contribution in [0.1, 0.15) is 29.3 Å². The normalized spacial score (nSPS) is 16.9. The molecule has 0 aliphatic carbocycles. The predicted molar refractivity (Wildman–Crippen MR) is 120 cm³/mol. The number of hydrogen-bond acceptors (Lipinski definition) is 6. The van der Waals surface area contributed by atoms with Crippen LogP contribution in [0.25, 0.3) is 0 Å². The second-order valence-corrected chi connectivity index (χ2v) is 7.97. The number of piperazine rings is 1. The summed E-state index contributed by atoms with van der Waals surface area (Å²) in [5.74, 6) is -0.630. The molecule has 0 radical (unpaired) electrons. The van der Waals surface area contributed by atoms with Gasteiger partial charge >= 0.3 is 5.97 Å². The summed E-state index contributed by atoms with van der Waals surface area (Å²) in [5, 5.41) is 6.38. The van der Waals surface area contributed by atoms with Gasteiger partial charge in [0.15, 0.2) is 6.61 Å². The summed E-state index contributed by atoms with van der Waals surface area (Å²) < 4.78 is 5.26. The van der Waals surface area contributed by atoms with E-state index in [1.165, 1.54) is 5.56 Å². The number of rotatable bonds is 6. The number of esters is 1. The molecule has 0 spiro atoms. The summed E-state index contributed by atoms with van der Waals surface area (Å²) in [6.45, 7) is 6.43. The van der Waals surface area contributed by atoms with Gasteiger partial charge in [0, 0.05) is 51.4 Å². The van der Waals surface area contributed by atoms with E-state index in [9.17, 15) is 9.59 Å². The van der Waals surface area contributed by atoms with Gasteiger partial charge in [-0.15, -0.1) is 0 Å². The van der Waals surface area contributed by atoms with Crippen LogP contribution in [-0.2, 0) is 16.1 Å². The van der Waals surface area contributed by atoms with Crippen molar-refractivity contribution >= 4 is 23.3 Å². The Kier molecular flexibility index (Phi) is 6.62. The molecule has 4 rings (SSSR count). The number of carbonyl (C=O) groups is 2. The van der Waals surface area contributed by atoms with Crippen molar-refractivity contribution in [2.24, 2.45) is 5.10 Å². The topological polar surface area (TPSA) is 65.5 Å². The number of benzene rings is 2. The lowest BCUT2D eigenvalue weighted by atomic mass is 10.2. The molecule has 162 valence electrons. The van der Waals surface area contributed by atoms with Crippen molar-refractivity contribution in [1.82, 2.24) is 9.80 Å². The summed E-state index contributed by atoms with van der Waals surface area (Å²) in [7, 11) is 0. The maximum Gasteiger partial charge on any atom is 0.338 e. The third-order valence-corrected chi connectivity index (χ3v) is 5.68. The van der Waals surface area contributed by atoms with Gasteiger partial charge in [-0.2, -0.15) is 5.10 Å². The highest BCUT2D eigenvalue weighted by Crippen LogP contribution is 2.20. The molecule has 1 saturated heterocycles. The molecule has 1 fully saturated rings. The second kappa shape index (κ2) is 9.75. The molecular weight excluding hydrogens is 392 g/mol. The first-order valence-electron chi connectivity index (χ1n) is 10.7. The number of hydrazone groups is 1. The van der Waals surface area contributed by atoms with E-state index in [1.807, 2.05) is 42.3 Å². The molecule has 2 aliphatic rings. The SMILES string of the molecule is CC1=NN(c2ccc(C(=O)OCC(=O)N3CCN(Cc4ccccc4)CC3)cc2)CC1. The lowest BCUT2D eigenvalue weighted by molar-refractivity contribution is -0.136. The molecule has 7 nitrogen and oxygen atoms in total. The molecule has 2 aromatic carbocycles. The summed E-state index contributed by atoms with van der Waals surface area (Å²) in [4.78, 5) is 28.9. The van der Waals surface area contributed by atoms with Crippen LogP contribution in [0.4, 0.5) is 5.69 Å². The van der Waals surface area contributed by atoms with E-state index >= 15 is 0 Å². The van der Waals surface area contributed by atoms with Crippen molar-refractivity contribution in [1.29, 1.82) is 0 Å². The third kappa shape index (κ3) is 5.49. The fraction of sp³-hybridized carbons (Fsp3) is 0.375. The number of hydrogen-bond donors (Lipinski definition) is 0. The molecule has 2 aliphatic heterocycles. The van der Waals surface area contributed by atoms with Crippen LogP contribution in [0.3, 0.4) is 0 Å². The zero-order valence-corrected chi connectivity index (χ0v) is 17.9. The molecule has 31 heavy (non-hydrogen) atoms. The Balaban J connectivity index is 1.21. The van der Waals surface area contributed by atoms with Crippen LogP contribution in [-0.4, -0.2) is 66.7 Å². The Morgan fingerprint density at radius 1 is 0.935 bits per heavy atom. The van der Waals surface area contributed by atoms with Gasteiger partial charge in [-0.25, -0.2) is 4.79 Å². The molecule has 0 bridgehead atoms. The Morgan fingerprint density at radius 2 is 1.65 bits per heavy atom. The predicted octanol–water partition coefficient (Wildman–Crippen LogP) is 2.77. The molecule has 0 saturated carbocycles. The summed E-state index contributed by atoms with van der Waals surface area (Å²) in [6, 6.07) is 17.5. The largest absolute Gasteiger partial charge is 0.452 e. The third-order valence-electron chi connectivity index (χ3n) is 5.68. The van der Waals surface area contributed by atoms with E-state index in [1.54, 1.807) is 17.0 Å². The lowest BCUT2D eigenvalue weighted by Crippen LogP contribution is -2.49. The highest BCUT2D eigenvalue weighted by molar-refractivity contribution is 5.92. The first-order chi connectivity index (χ1) is 15.1. The Labute approximate surface area is 182 Å². The monoisotopic (exact) mass is 420 g/mol. The van der Waals surface area contributed by atoms with Crippen LogP contribution in [0, 0.1) is 0 Å². The fourth-order valence-electron chi connectivity index (χ4n) is 3.83. The lowest BCUT2D eigenvalue weighted by Gasteiger charge is -2.34. The van der Waals surface area contributed by atoms with Crippen LogP contribution >= 0.6 is 0 Å². The van der Waals surface area contributed by atoms with Crippen molar-refractivity contribution in [2.75, 3.05) is 44.3 Å². The number of anilines is 1. The van der Waals surface area contributed by atoms with Crippen molar-refractivity contribution in [3.05, 3.63) is 65.7 Å². The van der Waals surface area contributed by atoms with Gasteiger partial charge in [-0.05, 0) is 36.8 Å². The van der Waals surface area contributed by atoms with Crippen LogP contribution in [0.2, 0.25) is 0 Å². The minimum absolute atomic E-state index is 0.147. The molecule has 0 atom stereocenters. The first kappa shape index (κ1) is 21.1. The van der Waals surface area contributed by atoms with Gasteiger partial charge in [0.2, 0.25) is 0 Å². The van der Waals surface area contributed by atoms with Gasteiger partial charge in [0.05, 0.1) is 11.3 Å². The molecule has 7 heteroatoms. The van der Waals surface area contributed by atoms with E-state index in [4.69, 9.17) is 4.74 Å². The fourth-order valence-corrected chi connectivity index (χ4v) is 3.83. The van der Waals surface area contributed by atoms with E-state index in [0.29, 0.717) is 18.7 Å². The maximum absolute atomic E-state index is 12.5. The van der Waals surface area contributed by atoms with Crippen molar-refractivity contribution in [3.8, 4) is 0 Å².